The molecule has 2 heterocycles. The highest BCUT2D eigenvalue weighted by Crippen LogP contribution is 2.26. The van der Waals surface area contributed by atoms with Crippen molar-refractivity contribution < 1.29 is 18.3 Å². The number of fused-ring (bicyclic) bond motifs is 1. The number of aromatic nitrogens is 2. The molecule has 3 aromatic rings. The second kappa shape index (κ2) is 8.30. The molecule has 0 aliphatic carbocycles. The number of halogens is 2. The summed E-state index contributed by atoms with van der Waals surface area (Å²) in [5.41, 5.74) is 1.98. The topological polar surface area (TPSA) is 68.2 Å². The summed E-state index contributed by atoms with van der Waals surface area (Å²) in [5.74, 6) is -0.242. The standard InChI is InChI=1S/C21H20F2N4O2/c22-17-5-6-19(18(23)8-17)27-12-15(11-26-27)10-25-21(28)24-9-14-7-16-3-1-2-4-20(16)29-13-14/h1-6,8,11-12,14H,7,9-10,13H2,(H2,24,25,28). The normalized spacial score (nSPS) is 15.3. The third kappa shape index (κ3) is 4.53. The number of benzene rings is 2. The molecule has 2 N–H and O–H groups in total. The maximum absolute atomic E-state index is 13.8. The number of carbonyl (C=O) groups excluding carboxylic acids is 1. The number of rotatable bonds is 5. The van der Waals surface area contributed by atoms with Gasteiger partial charge in [-0.3, -0.25) is 0 Å². The van der Waals surface area contributed by atoms with Crippen LogP contribution in [0.2, 0.25) is 0 Å². The maximum atomic E-state index is 13.8. The van der Waals surface area contributed by atoms with Crippen molar-refractivity contribution in [2.45, 2.75) is 13.0 Å². The number of carbonyl (C=O) groups is 1. The van der Waals surface area contributed by atoms with Gasteiger partial charge < -0.3 is 15.4 Å². The van der Waals surface area contributed by atoms with Crippen LogP contribution in [0.3, 0.4) is 0 Å². The quantitative estimate of drug-likeness (QED) is 0.694. The number of ether oxygens (including phenoxy) is 1. The predicted octanol–water partition coefficient (Wildman–Crippen LogP) is 3.20. The Morgan fingerprint density at radius 3 is 2.93 bits per heavy atom. The molecule has 1 aliphatic heterocycles. The van der Waals surface area contributed by atoms with Gasteiger partial charge in [0.05, 0.1) is 12.8 Å². The summed E-state index contributed by atoms with van der Waals surface area (Å²) in [6, 6.07) is 10.9. The largest absolute Gasteiger partial charge is 0.493 e. The van der Waals surface area contributed by atoms with Crippen LogP contribution in [0, 0.1) is 17.6 Å². The third-order valence-corrected chi connectivity index (χ3v) is 4.75. The van der Waals surface area contributed by atoms with Crippen molar-refractivity contribution in [2.75, 3.05) is 13.2 Å². The van der Waals surface area contributed by atoms with Crippen LogP contribution in [0.5, 0.6) is 5.75 Å². The van der Waals surface area contributed by atoms with Gasteiger partial charge in [-0.25, -0.2) is 18.3 Å². The van der Waals surface area contributed by atoms with Gasteiger partial charge in [0.15, 0.2) is 5.82 Å². The lowest BCUT2D eigenvalue weighted by Crippen LogP contribution is -2.40. The molecule has 1 atom stereocenters. The zero-order valence-electron chi connectivity index (χ0n) is 15.6. The van der Waals surface area contributed by atoms with Gasteiger partial charge in [0.25, 0.3) is 0 Å². The van der Waals surface area contributed by atoms with Crippen LogP contribution in [0.25, 0.3) is 5.69 Å². The Morgan fingerprint density at radius 2 is 2.07 bits per heavy atom. The molecule has 0 spiro atoms. The average molecular weight is 398 g/mol. The molecule has 8 heteroatoms. The van der Waals surface area contributed by atoms with E-state index in [0.29, 0.717) is 18.7 Å². The fourth-order valence-corrected chi connectivity index (χ4v) is 3.25. The number of nitrogens with zero attached hydrogens (tertiary/aromatic N) is 2. The number of para-hydroxylation sites is 1. The number of amides is 2. The van der Waals surface area contributed by atoms with E-state index < -0.39 is 11.6 Å². The van der Waals surface area contributed by atoms with Crippen molar-refractivity contribution in [3.8, 4) is 11.4 Å². The van der Waals surface area contributed by atoms with Crippen molar-refractivity contribution in [1.29, 1.82) is 0 Å². The van der Waals surface area contributed by atoms with Crippen LogP contribution in [0.15, 0.2) is 54.9 Å². The highest BCUT2D eigenvalue weighted by molar-refractivity contribution is 5.73. The molecule has 0 saturated heterocycles. The minimum Gasteiger partial charge on any atom is -0.493 e. The number of hydrogen-bond acceptors (Lipinski definition) is 3. The smallest absolute Gasteiger partial charge is 0.315 e. The predicted molar refractivity (Wildman–Crippen MR) is 103 cm³/mol. The fraction of sp³-hybridized carbons (Fsp3) is 0.238. The molecule has 0 radical (unpaired) electrons. The lowest BCUT2D eigenvalue weighted by Gasteiger charge is -2.25. The molecule has 1 unspecified atom stereocenters. The van der Waals surface area contributed by atoms with E-state index in [1.807, 2.05) is 24.3 Å². The summed E-state index contributed by atoms with van der Waals surface area (Å²) in [6.45, 7) is 1.30. The Balaban J connectivity index is 1.26. The first-order valence-electron chi connectivity index (χ1n) is 9.30. The molecule has 2 aromatic carbocycles. The summed E-state index contributed by atoms with van der Waals surface area (Å²) in [6.07, 6.45) is 3.96. The molecule has 1 aromatic heterocycles. The molecular weight excluding hydrogens is 378 g/mol. The molecule has 0 bridgehead atoms. The lowest BCUT2D eigenvalue weighted by molar-refractivity contribution is 0.211. The summed E-state index contributed by atoms with van der Waals surface area (Å²) in [4.78, 5) is 12.1. The molecular formula is C21H20F2N4O2. The number of urea groups is 1. The van der Waals surface area contributed by atoms with Crippen molar-refractivity contribution in [1.82, 2.24) is 20.4 Å². The van der Waals surface area contributed by atoms with E-state index in [9.17, 15) is 13.6 Å². The van der Waals surface area contributed by atoms with E-state index in [1.54, 1.807) is 6.20 Å². The van der Waals surface area contributed by atoms with Crippen LogP contribution >= 0.6 is 0 Å². The van der Waals surface area contributed by atoms with Crippen LogP contribution in [0.1, 0.15) is 11.1 Å². The monoisotopic (exact) mass is 398 g/mol. The van der Waals surface area contributed by atoms with Gasteiger partial charge in [0.2, 0.25) is 0 Å². The van der Waals surface area contributed by atoms with Gasteiger partial charge >= 0.3 is 6.03 Å². The van der Waals surface area contributed by atoms with Crippen LogP contribution in [-0.4, -0.2) is 29.0 Å². The van der Waals surface area contributed by atoms with Crippen molar-refractivity contribution >= 4 is 6.03 Å². The van der Waals surface area contributed by atoms with E-state index in [0.717, 1.165) is 23.8 Å². The first-order valence-corrected chi connectivity index (χ1v) is 9.30. The number of hydrogen-bond donors (Lipinski definition) is 2. The zero-order chi connectivity index (χ0) is 20.2. The van der Waals surface area contributed by atoms with Crippen molar-refractivity contribution in [3.63, 3.8) is 0 Å². The van der Waals surface area contributed by atoms with E-state index >= 15 is 0 Å². The lowest BCUT2D eigenvalue weighted by atomic mass is 9.97. The molecule has 29 heavy (non-hydrogen) atoms. The van der Waals surface area contributed by atoms with Gasteiger partial charge in [-0.05, 0) is 30.2 Å². The summed E-state index contributed by atoms with van der Waals surface area (Å²) < 4.78 is 33.9. The molecule has 6 nitrogen and oxygen atoms in total. The second-order valence-corrected chi connectivity index (χ2v) is 6.94. The van der Waals surface area contributed by atoms with Crippen molar-refractivity contribution in [3.05, 3.63) is 77.6 Å². The second-order valence-electron chi connectivity index (χ2n) is 6.94. The van der Waals surface area contributed by atoms with E-state index in [2.05, 4.69) is 15.7 Å². The van der Waals surface area contributed by atoms with Crippen molar-refractivity contribution in [2.24, 2.45) is 5.92 Å². The zero-order valence-corrected chi connectivity index (χ0v) is 15.6. The average Bonchev–Trinajstić information content (AvgIpc) is 3.19. The maximum Gasteiger partial charge on any atom is 0.315 e. The van der Waals surface area contributed by atoms with Crippen LogP contribution in [0.4, 0.5) is 13.6 Å². The van der Waals surface area contributed by atoms with Crippen LogP contribution in [-0.2, 0) is 13.0 Å². The van der Waals surface area contributed by atoms with Gasteiger partial charge in [0.1, 0.15) is 17.3 Å². The Morgan fingerprint density at radius 1 is 1.21 bits per heavy atom. The van der Waals surface area contributed by atoms with Crippen LogP contribution < -0.4 is 15.4 Å². The highest BCUT2D eigenvalue weighted by atomic mass is 19.1. The molecule has 4 rings (SSSR count). The van der Waals surface area contributed by atoms with Gasteiger partial charge in [0, 0.05) is 36.8 Å². The first-order chi connectivity index (χ1) is 14.1. The fourth-order valence-electron chi connectivity index (χ4n) is 3.25. The first kappa shape index (κ1) is 18.9. The van der Waals surface area contributed by atoms with Gasteiger partial charge in [-0.2, -0.15) is 5.10 Å². The summed E-state index contributed by atoms with van der Waals surface area (Å²) >= 11 is 0. The number of nitrogens with one attached hydrogen (secondary N) is 2. The summed E-state index contributed by atoms with van der Waals surface area (Å²) in [5, 5.41) is 9.66. The molecule has 2 amide bonds. The highest BCUT2D eigenvalue weighted by Gasteiger charge is 2.20. The SMILES string of the molecule is O=C(NCc1cnn(-c2ccc(F)cc2F)c1)NCC1COc2ccccc2C1. The Kier molecular flexibility index (Phi) is 5.41. The molecule has 0 saturated carbocycles. The molecule has 0 fully saturated rings. The van der Waals surface area contributed by atoms with Gasteiger partial charge in [-0.15, -0.1) is 0 Å². The minimum atomic E-state index is -0.707. The molecule has 150 valence electrons. The van der Waals surface area contributed by atoms with E-state index in [-0.39, 0.29) is 24.2 Å². The Bertz CT molecular complexity index is 1020. The summed E-state index contributed by atoms with van der Waals surface area (Å²) in [7, 11) is 0. The van der Waals surface area contributed by atoms with E-state index in [4.69, 9.17) is 4.74 Å². The minimum absolute atomic E-state index is 0.139. The Hall–Kier alpha value is -3.42. The third-order valence-electron chi connectivity index (χ3n) is 4.75. The van der Waals surface area contributed by atoms with E-state index in [1.165, 1.54) is 23.0 Å². The Labute approximate surface area is 166 Å². The van der Waals surface area contributed by atoms with Gasteiger partial charge in [-0.1, -0.05) is 18.2 Å². The molecule has 1 aliphatic rings.